The van der Waals surface area contributed by atoms with Crippen LogP contribution in [0, 0.1) is 11.8 Å². The van der Waals surface area contributed by atoms with Gasteiger partial charge in [-0.1, -0.05) is 19.9 Å². The molecule has 1 aliphatic carbocycles. The van der Waals surface area contributed by atoms with Crippen molar-refractivity contribution >= 4 is 23.4 Å². The van der Waals surface area contributed by atoms with Crippen molar-refractivity contribution in [2.45, 2.75) is 38.9 Å². The molecule has 3 N–H and O–H groups in total. The molecule has 0 spiro atoms. The molecule has 0 radical (unpaired) electrons. The molecule has 2 atom stereocenters. The van der Waals surface area contributed by atoms with E-state index >= 15 is 0 Å². The Morgan fingerprint density at radius 2 is 2.17 bits per heavy atom. The molecule has 5 rings (SSSR count). The predicted molar refractivity (Wildman–Crippen MR) is 126 cm³/mol. The molecule has 1 aromatic heterocycles. The molecule has 0 bridgehead atoms. The maximum Gasteiger partial charge on any atom is 0.280 e. The Labute approximate surface area is 203 Å². The van der Waals surface area contributed by atoms with Crippen LogP contribution in [0.5, 0.6) is 5.75 Å². The smallest absolute Gasteiger partial charge is 0.280 e. The number of aromatic nitrogens is 1. The van der Waals surface area contributed by atoms with Crippen LogP contribution in [0.4, 0.5) is 5.69 Å². The minimum Gasteiger partial charge on any atom is -0.494 e. The normalized spacial score (nSPS) is 24.1. The largest absolute Gasteiger partial charge is 0.494 e. The third-order valence-electron chi connectivity index (χ3n) is 6.47. The van der Waals surface area contributed by atoms with Crippen molar-refractivity contribution in [1.29, 1.82) is 0 Å². The standard InChI is InChI=1S/C24H30N6O5/c1-14(2)13-29-22-15(3-6-19(31)28-9-10-35-18-7-8-25-12-17(18)28)11-26-30(22)24(34)20(23(29)33)21(32)27-16-4-5-16/h3,6-8,12,14-16,22,26,33H,4-5,9-11,13H2,1-2H3,(H,27,32)/b6-3+. The van der Waals surface area contributed by atoms with Gasteiger partial charge in [0.2, 0.25) is 5.88 Å². The summed E-state index contributed by atoms with van der Waals surface area (Å²) < 4.78 is 5.60. The lowest BCUT2D eigenvalue weighted by molar-refractivity contribution is -0.142. The summed E-state index contributed by atoms with van der Waals surface area (Å²) in [7, 11) is 0. The number of hydrazine groups is 1. The Bertz CT molecular complexity index is 1100. The Hall–Kier alpha value is -3.60. The van der Waals surface area contributed by atoms with Crippen molar-refractivity contribution in [2.24, 2.45) is 11.8 Å². The SMILES string of the molecule is CC(C)CN1C(O)=C(C(=O)NC2CC2)C(=O)N2NCC(/C=C/C(=O)N3CCOc4ccncc43)C12. The van der Waals surface area contributed by atoms with Crippen molar-refractivity contribution in [3.8, 4) is 5.75 Å². The number of carbonyl (C=O) groups excluding carboxylic acids is 3. The minimum atomic E-state index is -0.568. The Morgan fingerprint density at radius 1 is 1.37 bits per heavy atom. The summed E-state index contributed by atoms with van der Waals surface area (Å²) in [6.07, 6.45) is 7.65. The number of aliphatic hydroxyl groups excluding tert-OH is 1. The number of nitrogens with one attached hydrogen (secondary N) is 2. The molecule has 1 saturated carbocycles. The predicted octanol–water partition coefficient (Wildman–Crippen LogP) is 0.672. The highest BCUT2D eigenvalue weighted by Gasteiger charge is 2.49. The van der Waals surface area contributed by atoms with Gasteiger partial charge in [-0.2, -0.15) is 0 Å². The summed E-state index contributed by atoms with van der Waals surface area (Å²) in [5.74, 6) is -1.18. The first-order chi connectivity index (χ1) is 16.8. The molecule has 4 aliphatic rings. The summed E-state index contributed by atoms with van der Waals surface area (Å²) in [4.78, 5) is 46.4. The number of rotatable bonds is 6. The second-order valence-electron chi connectivity index (χ2n) is 9.65. The van der Waals surface area contributed by atoms with E-state index in [1.165, 1.54) is 11.1 Å². The van der Waals surface area contributed by atoms with Crippen LogP contribution >= 0.6 is 0 Å². The van der Waals surface area contributed by atoms with E-state index in [4.69, 9.17) is 4.74 Å². The molecule has 35 heavy (non-hydrogen) atoms. The van der Waals surface area contributed by atoms with Crippen molar-refractivity contribution in [3.63, 3.8) is 0 Å². The van der Waals surface area contributed by atoms with E-state index in [9.17, 15) is 19.5 Å². The van der Waals surface area contributed by atoms with Gasteiger partial charge in [-0.05, 0) is 24.8 Å². The first-order valence-corrected chi connectivity index (χ1v) is 12.0. The number of carbonyl (C=O) groups is 3. The van der Waals surface area contributed by atoms with E-state index in [1.807, 2.05) is 13.8 Å². The third-order valence-corrected chi connectivity index (χ3v) is 6.47. The van der Waals surface area contributed by atoms with Crippen LogP contribution in [0.15, 0.2) is 42.1 Å². The lowest BCUT2D eigenvalue weighted by Crippen LogP contribution is -2.59. The molecule has 11 heteroatoms. The van der Waals surface area contributed by atoms with Gasteiger partial charge in [-0.15, -0.1) is 0 Å². The number of hydrogen-bond donors (Lipinski definition) is 3. The van der Waals surface area contributed by atoms with Gasteiger partial charge in [0, 0.05) is 37.3 Å². The highest BCUT2D eigenvalue weighted by atomic mass is 16.5. The van der Waals surface area contributed by atoms with E-state index in [2.05, 4.69) is 15.7 Å². The zero-order chi connectivity index (χ0) is 24.7. The minimum absolute atomic E-state index is 0.0561. The summed E-state index contributed by atoms with van der Waals surface area (Å²) in [5.41, 5.74) is 3.43. The maximum absolute atomic E-state index is 13.2. The lowest BCUT2D eigenvalue weighted by atomic mass is 10.0. The molecule has 4 heterocycles. The molecule has 1 saturated heterocycles. The van der Waals surface area contributed by atoms with Crippen molar-refractivity contribution < 1.29 is 24.2 Å². The Kier molecular flexibility index (Phi) is 6.10. The first kappa shape index (κ1) is 23.2. The van der Waals surface area contributed by atoms with Crippen LogP contribution < -0.4 is 20.4 Å². The highest BCUT2D eigenvalue weighted by molar-refractivity contribution is 6.19. The molecule has 1 aromatic rings. The van der Waals surface area contributed by atoms with Gasteiger partial charge >= 0.3 is 0 Å². The van der Waals surface area contributed by atoms with Gasteiger partial charge in [0.05, 0.1) is 12.7 Å². The molecule has 186 valence electrons. The molecule has 2 fully saturated rings. The van der Waals surface area contributed by atoms with E-state index in [0.717, 1.165) is 12.8 Å². The number of anilines is 1. The maximum atomic E-state index is 13.2. The monoisotopic (exact) mass is 482 g/mol. The molecule has 3 aliphatic heterocycles. The Morgan fingerprint density at radius 3 is 2.91 bits per heavy atom. The topological polar surface area (TPSA) is 127 Å². The van der Waals surface area contributed by atoms with Gasteiger partial charge < -0.3 is 25.0 Å². The van der Waals surface area contributed by atoms with Crippen LogP contribution in [0.1, 0.15) is 26.7 Å². The molecular weight excluding hydrogens is 452 g/mol. The summed E-state index contributed by atoms with van der Waals surface area (Å²) in [6.45, 7) is 5.60. The number of pyridine rings is 1. The summed E-state index contributed by atoms with van der Waals surface area (Å²) in [6, 6.07) is 1.78. The van der Waals surface area contributed by atoms with E-state index in [0.29, 0.717) is 37.7 Å². The van der Waals surface area contributed by atoms with Crippen LogP contribution in [-0.2, 0) is 14.4 Å². The van der Waals surface area contributed by atoms with Crippen molar-refractivity contribution in [1.82, 2.24) is 25.6 Å². The average Bonchev–Trinajstić information content (AvgIpc) is 3.55. The molecular formula is C24H30N6O5. The Balaban J connectivity index is 1.39. The van der Waals surface area contributed by atoms with Gasteiger partial charge in [0.1, 0.15) is 24.2 Å². The molecule has 3 amide bonds. The van der Waals surface area contributed by atoms with Crippen LogP contribution in [0.3, 0.4) is 0 Å². The molecule has 11 nitrogen and oxygen atoms in total. The average molecular weight is 483 g/mol. The van der Waals surface area contributed by atoms with Gasteiger partial charge in [0.25, 0.3) is 17.7 Å². The fourth-order valence-electron chi connectivity index (χ4n) is 4.67. The number of nitrogens with zero attached hydrogens (tertiary/aromatic N) is 4. The second kappa shape index (κ2) is 9.21. The third kappa shape index (κ3) is 4.43. The van der Waals surface area contributed by atoms with Crippen molar-refractivity contribution in [3.05, 3.63) is 42.1 Å². The number of amides is 3. The first-order valence-electron chi connectivity index (χ1n) is 12.0. The summed E-state index contributed by atoms with van der Waals surface area (Å²) in [5, 5.41) is 15.3. The van der Waals surface area contributed by atoms with Crippen LogP contribution in [0.2, 0.25) is 0 Å². The second-order valence-corrected chi connectivity index (χ2v) is 9.65. The number of hydrogen-bond acceptors (Lipinski definition) is 8. The quantitative estimate of drug-likeness (QED) is 0.399. The van der Waals surface area contributed by atoms with Gasteiger partial charge in [-0.3, -0.25) is 19.4 Å². The fraction of sp³-hybridized carbons (Fsp3) is 0.500. The zero-order valence-electron chi connectivity index (χ0n) is 19.8. The number of fused-ring (bicyclic) bond motifs is 2. The fourth-order valence-corrected chi connectivity index (χ4v) is 4.67. The zero-order valence-corrected chi connectivity index (χ0v) is 19.8. The molecule has 2 unspecified atom stereocenters. The summed E-state index contributed by atoms with van der Waals surface area (Å²) >= 11 is 0. The van der Waals surface area contributed by atoms with Crippen molar-refractivity contribution in [2.75, 3.05) is 31.1 Å². The highest BCUT2D eigenvalue weighted by Crippen LogP contribution is 2.34. The lowest BCUT2D eigenvalue weighted by Gasteiger charge is -2.42. The van der Waals surface area contributed by atoms with Gasteiger partial charge in [-0.25, -0.2) is 10.4 Å². The molecule has 0 aromatic carbocycles. The van der Waals surface area contributed by atoms with Gasteiger partial charge in [0.15, 0.2) is 5.57 Å². The van der Waals surface area contributed by atoms with E-state index in [-0.39, 0.29) is 35.2 Å². The number of ether oxygens (including phenoxy) is 1. The number of aliphatic hydroxyl groups is 1. The van der Waals surface area contributed by atoms with Crippen LogP contribution in [-0.4, -0.2) is 76.2 Å². The van der Waals surface area contributed by atoms with E-state index in [1.54, 1.807) is 34.3 Å². The van der Waals surface area contributed by atoms with E-state index < -0.39 is 18.0 Å². The van der Waals surface area contributed by atoms with Crippen LogP contribution in [0.25, 0.3) is 0 Å².